The van der Waals surface area contributed by atoms with Gasteiger partial charge in [0.2, 0.25) is 0 Å². The van der Waals surface area contributed by atoms with Gasteiger partial charge in [0.15, 0.2) is 11.5 Å². The lowest BCUT2D eigenvalue weighted by Crippen LogP contribution is -2.25. The number of hydrogen-bond donors (Lipinski definition) is 1. The predicted octanol–water partition coefficient (Wildman–Crippen LogP) is 5.05. The number of hydrogen-bond acceptors (Lipinski definition) is 5. The zero-order valence-electron chi connectivity index (χ0n) is 16.3. The average Bonchev–Trinajstić information content (AvgIpc) is 2.96. The highest BCUT2D eigenvalue weighted by Gasteiger charge is 2.20. The van der Waals surface area contributed by atoms with Crippen LogP contribution in [0.25, 0.3) is 22.2 Å². The van der Waals surface area contributed by atoms with Crippen LogP contribution >= 0.6 is 11.6 Å². The first-order valence-electron chi connectivity index (χ1n) is 9.83. The molecule has 30 heavy (non-hydrogen) atoms. The van der Waals surface area contributed by atoms with E-state index in [-0.39, 0.29) is 5.75 Å². The van der Waals surface area contributed by atoms with Gasteiger partial charge in [0, 0.05) is 42.6 Å². The molecule has 1 aliphatic rings. The lowest BCUT2D eigenvalue weighted by atomic mass is 10.0. The molecule has 2 heterocycles. The van der Waals surface area contributed by atoms with Crippen LogP contribution in [-0.4, -0.2) is 33.1 Å². The van der Waals surface area contributed by atoms with E-state index in [1.54, 1.807) is 18.5 Å². The van der Waals surface area contributed by atoms with Crippen LogP contribution in [0.5, 0.6) is 11.5 Å². The number of aromatic nitrogens is 2. The maximum absolute atomic E-state index is 10.6. The van der Waals surface area contributed by atoms with Crippen molar-refractivity contribution >= 4 is 22.6 Å². The van der Waals surface area contributed by atoms with Gasteiger partial charge in [-0.05, 0) is 47.0 Å². The fraction of sp³-hybridized carbons (Fsp3) is 0.167. The van der Waals surface area contributed by atoms with Gasteiger partial charge in [-0.25, -0.2) is 0 Å². The van der Waals surface area contributed by atoms with E-state index < -0.39 is 0 Å². The van der Waals surface area contributed by atoms with Gasteiger partial charge in [0.05, 0.1) is 11.0 Å². The number of phenols is 1. The number of halogens is 1. The van der Waals surface area contributed by atoms with E-state index in [1.165, 1.54) is 0 Å². The number of benzene rings is 3. The minimum Gasteiger partial charge on any atom is -0.504 e. The van der Waals surface area contributed by atoms with Crippen LogP contribution in [0, 0.1) is 0 Å². The average molecular weight is 418 g/mol. The number of para-hydroxylation sites is 1. The normalized spacial score (nSPS) is 14.2. The third kappa shape index (κ3) is 3.70. The second-order valence-electron chi connectivity index (χ2n) is 7.39. The summed E-state index contributed by atoms with van der Waals surface area (Å²) in [4.78, 5) is 11.2. The second-order valence-corrected chi connectivity index (χ2v) is 7.83. The standard InChI is InChI=1S/C24H20ClN3O2/c25-20-5-1-3-16(12-20)18-11-19-15-28(9-10-30-24(19)22(29)13-18)14-17-4-2-6-21-23(17)27-8-7-26-21/h1-8,11-13,29H,9-10,14-15H2. The van der Waals surface area contributed by atoms with Crippen molar-refractivity contribution in [2.24, 2.45) is 0 Å². The van der Waals surface area contributed by atoms with Crippen molar-refractivity contribution in [2.75, 3.05) is 13.2 Å². The molecule has 0 aliphatic carbocycles. The summed E-state index contributed by atoms with van der Waals surface area (Å²) in [6.07, 6.45) is 3.43. The fourth-order valence-electron chi connectivity index (χ4n) is 3.94. The molecule has 6 heteroatoms. The summed E-state index contributed by atoms with van der Waals surface area (Å²) < 4.78 is 5.90. The second kappa shape index (κ2) is 7.94. The first-order chi connectivity index (χ1) is 14.7. The number of nitrogens with zero attached hydrogens (tertiary/aromatic N) is 3. The summed E-state index contributed by atoms with van der Waals surface area (Å²) in [6, 6.07) is 17.5. The molecule has 0 saturated heterocycles. The van der Waals surface area contributed by atoms with Crippen LogP contribution in [0.15, 0.2) is 67.0 Å². The molecule has 0 amide bonds. The zero-order valence-corrected chi connectivity index (χ0v) is 17.0. The van der Waals surface area contributed by atoms with Crippen LogP contribution in [0.3, 0.4) is 0 Å². The highest BCUT2D eigenvalue weighted by molar-refractivity contribution is 6.30. The van der Waals surface area contributed by atoms with Crippen molar-refractivity contribution in [3.05, 3.63) is 83.1 Å². The highest BCUT2D eigenvalue weighted by Crippen LogP contribution is 2.38. The zero-order chi connectivity index (χ0) is 20.5. The molecule has 0 saturated carbocycles. The SMILES string of the molecule is Oc1cc(-c2cccc(Cl)c2)cc2c1OCCN(Cc1cccc3nccnc13)C2. The number of aromatic hydroxyl groups is 1. The number of phenolic OH excluding ortho intramolecular Hbond substituents is 1. The summed E-state index contributed by atoms with van der Waals surface area (Å²) >= 11 is 6.16. The smallest absolute Gasteiger partial charge is 0.165 e. The Morgan fingerprint density at radius 1 is 1.00 bits per heavy atom. The van der Waals surface area contributed by atoms with E-state index in [2.05, 4.69) is 27.0 Å². The topological polar surface area (TPSA) is 58.5 Å². The Labute approximate surface area is 179 Å². The summed E-state index contributed by atoms with van der Waals surface area (Å²) in [5.74, 6) is 0.710. The maximum atomic E-state index is 10.6. The molecule has 150 valence electrons. The van der Waals surface area contributed by atoms with E-state index in [0.717, 1.165) is 46.4 Å². The van der Waals surface area contributed by atoms with E-state index in [1.807, 2.05) is 36.4 Å². The lowest BCUT2D eigenvalue weighted by Gasteiger charge is -2.20. The number of ether oxygens (including phenoxy) is 1. The molecule has 0 fully saturated rings. The molecular weight excluding hydrogens is 398 g/mol. The molecule has 3 aromatic carbocycles. The Hall–Kier alpha value is -3.15. The Morgan fingerprint density at radius 3 is 2.77 bits per heavy atom. The van der Waals surface area contributed by atoms with Gasteiger partial charge in [-0.2, -0.15) is 0 Å². The first kappa shape index (κ1) is 18.9. The predicted molar refractivity (Wildman–Crippen MR) is 118 cm³/mol. The largest absolute Gasteiger partial charge is 0.504 e. The minimum absolute atomic E-state index is 0.153. The molecule has 1 N–H and O–H groups in total. The molecule has 0 spiro atoms. The van der Waals surface area contributed by atoms with Gasteiger partial charge >= 0.3 is 0 Å². The van der Waals surface area contributed by atoms with Gasteiger partial charge < -0.3 is 9.84 Å². The molecule has 4 aromatic rings. The van der Waals surface area contributed by atoms with Crippen molar-refractivity contribution in [1.82, 2.24) is 14.9 Å². The Bertz CT molecular complexity index is 1220. The first-order valence-corrected chi connectivity index (χ1v) is 10.2. The molecule has 0 radical (unpaired) electrons. The summed E-state index contributed by atoms with van der Waals surface area (Å²) in [5.41, 5.74) is 5.76. The molecule has 1 aromatic heterocycles. The molecule has 0 atom stereocenters. The lowest BCUT2D eigenvalue weighted by molar-refractivity contribution is 0.217. The van der Waals surface area contributed by atoms with E-state index >= 15 is 0 Å². The van der Waals surface area contributed by atoms with Crippen LogP contribution < -0.4 is 4.74 Å². The Balaban J connectivity index is 1.48. The molecule has 0 bridgehead atoms. The Kier molecular flexibility index (Phi) is 4.99. The van der Waals surface area contributed by atoms with Crippen molar-refractivity contribution in [3.8, 4) is 22.6 Å². The monoisotopic (exact) mass is 417 g/mol. The van der Waals surface area contributed by atoms with Crippen molar-refractivity contribution in [1.29, 1.82) is 0 Å². The van der Waals surface area contributed by atoms with Gasteiger partial charge in [-0.1, -0.05) is 35.9 Å². The van der Waals surface area contributed by atoms with Crippen LogP contribution in [0.4, 0.5) is 0 Å². The quantitative estimate of drug-likeness (QED) is 0.505. The van der Waals surface area contributed by atoms with Gasteiger partial charge in [-0.3, -0.25) is 14.9 Å². The Morgan fingerprint density at radius 2 is 1.87 bits per heavy atom. The summed E-state index contributed by atoms with van der Waals surface area (Å²) in [6.45, 7) is 2.64. The van der Waals surface area contributed by atoms with Gasteiger partial charge in [0.25, 0.3) is 0 Å². The summed E-state index contributed by atoms with van der Waals surface area (Å²) in [7, 11) is 0. The minimum atomic E-state index is 0.153. The van der Waals surface area contributed by atoms with Crippen molar-refractivity contribution < 1.29 is 9.84 Å². The van der Waals surface area contributed by atoms with E-state index in [4.69, 9.17) is 16.3 Å². The molecule has 0 unspecified atom stereocenters. The third-order valence-corrected chi connectivity index (χ3v) is 5.56. The fourth-order valence-corrected chi connectivity index (χ4v) is 4.13. The van der Waals surface area contributed by atoms with Gasteiger partial charge in [0.1, 0.15) is 6.61 Å². The van der Waals surface area contributed by atoms with E-state index in [9.17, 15) is 5.11 Å². The van der Waals surface area contributed by atoms with Crippen molar-refractivity contribution in [2.45, 2.75) is 13.1 Å². The van der Waals surface area contributed by atoms with Gasteiger partial charge in [-0.15, -0.1) is 0 Å². The molecule has 1 aliphatic heterocycles. The van der Waals surface area contributed by atoms with Crippen molar-refractivity contribution in [3.63, 3.8) is 0 Å². The van der Waals surface area contributed by atoms with E-state index in [0.29, 0.717) is 23.9 Å². The third-order valence-electron chi connectivity index (χ3n) is 5.33. The summed E-state index contributed by atoms with van der Waals surface area (Å²) in [5, 5.41) is 11.3. The molecule has 5 rings (SSSR count). The maximum Gasteiger partial charge on any atom is 0.165 e. The highest BCUT2D eigenvalue weighted by atomic mass is 35.5. The van der Waals surface area contributed by atoms with Crippen LogP contribution in [-0.2, 0) is 13.1 Å². The van der Waals surface area contributed by atoms with Crippen LogP contribution in [0.2, 0.25) is 5.02 Å². The molecular formula is C24H20ClN3O2. The molecule has 5 nitrogen and oxygen atoms in total. The number of rotatable bonds is 3. The number of fused-ring (bicyclic) bond motifs is 2. The van der Waals surface area contributed by atoms with Crippen LogP contribution in [0.1, 0.15) is 11.1 Å².